The number of hydrogen-bond acceptors (Lipinski definition) is 4. The fourth-order valence-electron chi connectivity index (χ4n) is 2.13. The number of anilines is 1. The Hall–Kier alpha value is -2.61. The highest BCUT2D eigenvalue weighted by Gasteiger charge is 2.20. The van der Waals surface area contributed by atoms with Gasteiger partial charge in [-0.1, -0.05) is 12.1 Å². The largest absolute Gasteiger partial charge is 0.449 e. The summed E-state index contributed by atoms with van der Waals surface area (Å²) in [6.07, 6.45) is 0.317. The summed E-state index contributed by atoms with van der Waals surface area (Å²) in [5, 5.41) is 2.17. The van der Waals surface area contributed by atoms with Crippen LogP contribution in [0.2, 0.25) is 0 Å². The fourth-order valence-corrected chi connectivity index (χ4v) is 2.78. The SMILES string of the molecule is CC(OC(=O)c1cccc(CS(C)=O)c1)C(=O)Nc1cc(F)ccc1F. The number of esters is 1. The lowest BCUT2D eigenvalue weighted by molar-refractivity contribution is -0.123. The van der Waals surface area contributed by atoms with Gasteiger partial charge < -0.3 is 10.1 Å². The molecule has 0 aliphatic carbocycles. The van der Waals surface area contributed by atoms with Gasteiger partial charge in [-0.05, 0) is 36.8 Å². The van der Waals surface area contributed by atoms with Crippen molar-refractivity contribution in [1.82, 2.24) is 0 Å². The van der Waals surface area contributed by atoms with Gasteiger partial charge in [0.1, 0.15) is 11.6 Å². The Kier molecular flexibility index (Phi) is 6.57. The molecule has 0 saturated heterocycles. The Labute approximate surface area is 151 Å². The topological polar surface area (TPSA) is 72.5 Å². The molecular weight excluding hydrogens is 364 g/mol. The maximum atomic E-state index is 13.6. The average Bonchev–Trinajstić information content (AvgIpc) is 2.57. The monoisotopic (exact) mass is 381 g/mol. The summed E-state index contributed by atoms with van der Waals surface area (Å²) in [6.45, 7) is 1.31. The zero-order valence-corrected chi connectivity index (χ0v) is 14.9. The number of benzene rings is 2. The molecule has 0 aliphatic rings. The van der Waals surface area contributed by atoms with Gasteiger partial charge in [0.25, 0.3) is 5.91 Å². The van der Waals surface area contributed by atoms with E-state index in [4.69, 9.17) is 4.74 Å². The van der Waals surface area contributed by atoms with E-state index in [-0.39, 0.29) is 17.0 Å². The summed E-state index contributed by atoms with van der Waals surface area (Å²) in [5.41, 5.74) is 0.550. The maximum Gasteiger partial charge on any atom is 0.338 e. The normalized spacial score (nSPS) is 12.9. The molecule has 5 nitrogen and oxygen atoms in total. The van der Waals surface area contributed by atoms with Crippen molar-refractivity contribution in [3.63, 3.8) is 0 Å². The Morgan fingerprint density at radius 1 is 1.19 bits per heavy atom. The summed E-state index contributed by atoms with van der Waals surface area (Å²) in [7, 11) is -1.07. The van der Waals surface area contributed by atoms with Crippen molar-refractivity contribution in [2.75, 3.05) is 11.6 Å². The third-order valence-electron chi connectivity index (χ3n) is 3.37. The van der Waals surface area contributed by atoms with E-state index in [1.54, 1.807) is 18.4 Å². The van der Waals surface area contributed by atoms with Crippen molar-refractivity contribution in [3.05, 3.63) is 65.2 Å². The van der Waals surface area contributed by atoms with Crippen LogP contribution in [0.5, 0.6) is 0 Å². The van der Waals surface area contributed by atoms with Crippen molar-refractivity contribution in [2.45, 2.75) is 18.8 Å². The molecule has 0 aromatic heterocycles. The molecule has 8 heteroatoms. The Morgan fingerprint density at radius 2 is 1.92 bits per heavy atom. The minimum atomic E-state index is -1.23. The number of halogens is 2. The lowest BCUT2D eigenvalue weighted by Crippen LogP contribution is -2.30. The van der Waals surface area contributed by atoms with Crippen LogP contribution < -0.4 is 5.32 Å². The summed E-state index contributed by atoms with van der Waals surface area (Å²) < 4.78 is 43.0. The van der Waals surface area contributed by atoms with Crippen molar-refractivity contribution >= 4 is 28.4 Å². The van der Waals surface area contributed by atoms with Gasteiger partial charge >= 0.3 is 5.97 Å². The first-order chi connectivity index (χ1) is 12.3. The molecule has 26 heavy (non-hydrogen) atoms. The molecule has 138 valence electrons. The van der Waals surface area contributed by atoms with Crippen LogP contribution in [0.15, 0.2) is 42.5 Å². The van der Waals surface area contributed by atoms with Crippen LogP contribution in [0, 0.1) is 11.6 Å². The van der Waals surface area contributed by atoms with Crippen molar-refractivity contribution in [3.8, 4) is 0 Å². The predicted octanol–water partition coefficient (Wildman–Crippen LogP) is 3.03. The summed E-state index contributed by atoms with van der Waals surface area (Å²) in [5.74, 6) is -2.78. The second-order valence-electron chi connectivity index (χ2n) is 5.58. The highest BCUT2D eigenvalue weighted by Crippen LogP contribution is 2.16. The van der Waals surface area contributed by atoms with Crippen LogP contribution >= 0.6 is 0 Å². The predicted molar refractivity (Wildman–Crippen MR) is 94.1 cm³/mol. The van der Waals surface area contributed by atoms with E-state index in [9.17, 15) is 22.6 Å². The van der Waals surface area contributed by atoms with Gasteiger partial charge in [0.2, 0.25) is 0 Å². The standard InChI is InChI=1S/C18H17F2NO4S/c1-11(17(22)21-16-9-14(19)6-7-15(16)20)25-18(23)13-5-3-4-12(8-13)10-26(2)24/h3-9,11H,10H2,1-2H3,(H,21,22). The molecular formula is C18H17F2NO4S. The molecule has 0 saturated carbocycles. The first-order valence-corrected chi connectivity index (χ1v) is 9.35. The molecule has 0 bridgehead atoms. The molecule has 0 heterocycles. The minimum Gasteiger partial charge on any atom is -0.449 e. The molecule has 2 aromatic carbocycles. The Balaban J connectivity index is 2.03. The highest BCUT2D eigenvalue weighted by atomic mass is 32.2. The van der Waals surface area contributed by atoms with Gasteiger partial charge in [0, 0.05) is 28.9 Å². The van der Waals surface area contributed by atoms with Gasteiger partial charge in [-0.15, -0.1) is 0 Å². The number of carbonyl (C=O) groups excluding carboxylic acids is 2. The number of ether oxygens (including phenoxy) is 1. The number of nitrogens with one attached hydrogen (secondary N) is 1. The summed E-state index contributed by atoms with van der Waals surface area (Å²) >= 11 is 0. The molecule has 2 atom stereocenters. The molecule has 0 fully saturated rings. The second-order valence-corrected chi connectivity index (χ2v) is 7.01. The molecule has 1 amide bonds. The van der Waals surface area contributed by atoms with Crippen LogP contribution in [0.25, 0.3) is 0 Å². The highest BCUT2D eigenvalue weighted by molar-refractivity contribution is 7.83. The first-order valence-electron chi connectivity index (χ1n) is 7.62. The quantitative estimate of drug-likeness (QED) is 0.781. The van der Waals surface area contributed by atoms with Crippen LogP contribution in [0.3, 0.4) is 0 Å². The van der Waals surface area contributed by atoms with E-state index in [1.165, 1.54) is 19.1 Å². The molecule has 2 rings (SSSR count). The smallest absolute Gasteiger partial charge is 0.338 e. The zero-order valence-electron chi connectivity index (χ0n) is 14.1. The molecule has 2 unspecified atom stereocenters. The number of hydrogen-bond donors (Lipinski definition) is 1. The van der Waals surface area contributed by atoms with Gasteiger partial charge in [-0.3, -0.25) is 9.00 Å². The van der Waals surface area contributed by atoms with Crippen molar-refractivity contribution in [1.29, 1.82) is 0 Å². The molecule has 0 spiro atoms. The maximum absolute atomic E-state index is 13.6. The third kappa shape index (κ3) is 5.45. The van der Waals surface area contributed by atoms with Crippen molar-refractivity contribution in [2.24, 2.45) is 0 Å². The van der Waals surface area contributed by atoms with Crippen LogP contribution in [0.4, 0.5) is 14.5 Å². The van der Waals surface area contributed by atoms with E-state index >= 15 is 0 Å². The second kappa shape index (κ2) is 8.66. The molecule has 2 aromatic rings. The summed E-state index contributed by atoms with van der Waals surface area (Å²) in [6, 6.07) is 9.00. The van der Waals surface area contributed by atoms with Crippen molar-refractivity contribution < 1.29 is 27.3 Å². The average molecular weight is 381 g/mol. The van der Waals surface area contributed by atoms with E-state index in [0.29, 0.717) is 5.56 Å². The van der Waals surface area contributed by atoms with Gasteiger partial charge in [-0.25, -0.2) is 13.6 Å². The van der Waals surface area contributed by atoms with Crippen LogP contribution in [-0.2, 0) is 26.1 Å². The molecule has 0 radical (unpaired) electrons. The van der Waals surface area contributed by atoms with E-state index in [0.717, 1.165) is 18.2 Å². The lowest BCUT2D eigenvalue weighted by atomic mass is 10.1. The Morgan fingerprint density at radius 3 is 2.62 bits per heavy atom. The van der Waals surface area contributed by atoms with E-state index in [2.05, 4.69) is 5.32 Å². The molecule has 0 aliphatic heterocycles. The Bertz CT molecular complexity index is 857. The third-order valence-corrected chi connectivity index (χ3v) is 4.11. The van der Waals surface area contributed by atoms with Gasteiger partial charge in [-0.2, -0.15) is 0 Å². The van der Waals surface area contributed by atoms with E-state index in [1.807, 2.05) is 0 Å². The lowest BCUT2D eigenvalue weighted by Gasteiger charge is -2.14. The number of amides is 1. The van der Waals surface area contributed by atoms with Crippen LogP contribution in [-0.4, -0.2) is 28.4 Å². The van der Waals surface area contributed by atoms with E-state index < -0.39 is 40.4 Å². The fraction of sp³-hybridized carbons (Fsp3) is 0.222. The minimum absolute atomic E-state index is 0.199. The summed E-state index contributed by atoms with van der Waals surface area (Å²) in [4.78, 5) is 24.2. The van der Waals surface area contributed by atoms with Gasteiger partial charge in [0.15, 0.2) is 6.10 Å². The zero-order chi connectivity index (χ0) is 19.3. The van der Waals surface area contributed by atoms with Gasteiger partial charge in [0.05, 0.1) is 11.3 Å². The number of carbonyl (C=O) groups is 2. The first kappa shape index (κ1) is 19.7. The number of rotatable bonds is 6. The van der Waals surface area contributed by atoms with Crippen LogP contribution in [0.1, 0.15) is 22.8 Å². The molecule has 1 N–H and O–H groups in total.